The smallest absolute Gasteiger partial charge is 0.191 e. The molecule has 1 saturated carbocycles. The second-order valence-electron chi connectivity index (χ2n) is 7.14. The Morgan fingerprint density at radius 3 is 2.75 bits per heavy atom. The van der Waals surface area contributed by atoms with Gasteiger partial charge in [0.15, 0.2) is 5.96 Å². The average Bonchev–Trinajstić information content (AvgIpc) is 3.12. The molecule has 2 rings (SSSR count). The number of rotatable bonds is 10. The first-order valence-corrected chi connectivity index (χ1v) is 10.1. The lowest BCUT2D eigenvalue weighted by molar-refractivity contribution is 0.0893. The molecule has 0 aromatic heterocycles. The lowest BCUT2D eigenvalue weighted by atomic mass is 9.87. The van der Waals surface area contributed by atoms with Crippen LogP contribution in [0.5, 0.6) is 0 Å². The Labute approximate surface area is 148 Å². The van der Waals surface area contributed by atoms with Gasteiger partial charge in [0.25, 0.3) is 0 Å². The summed E-state index contributed by atoms with van der Waals surface area (Å²) >= 11 is 0. The third-order valence-corrected chi connectivity index (χ3v) is 5.01. The van der Waals surface area contributed by atoms with E-state index in [2.05, 4.69) is 22.5 Å². The van der Waals surface area contributed by atoms with E-state index < -0.39 is 0 Å². The molecule has 24 heavy (non-hydrogen) atoms. The van der Waals surface area contributed by atoms with Crippen molar-refractivity contribution < 1.29 is 9.47 Å². The van der Waals surface area contributed by atoms with Crippen LogP contribution in [0.1, 0.15) is 58.3 Å². The fourth-order valence-electron chi connectivity index (χ4n) is 3.53. The van der Waals surface area contributed by atoms with Crippen LogP contribution in [0, 0.1) is 11.8 Å². The van der Waals surface area contributed by atoms with Crippen LogP contribution in [-0.2, 0) is 9.47 Å². The van der Waals surface area contributed by atoms with Gasteiger partial charge in [-0.15, -0.1) is 0 Å². The summed E-state index contributed by atoms with van der Waals surface area (Å²) in [6, 6.07) is 0. The van der Waals surface area contributed by atoms with Gasteiger partial charge < -0.3 is 20.1 Å². The molecule has 1 aliphatic heterocycles. The minimum atomic E-state index is 0.604. The number of hydrogen-bond acceptors (Lipinski definition) is 3. The Kier molecular flexibility index (Phi) is 10.2. The summed E-state index contributed by atoms with van der Waals surface area (Å²) in [6.45, 7) is 8.28. The van der Waals surface area contributed by atoms with Gasteiger partial charge in [-0.1, -0.05) is 32.1 Å². The summed E-state index contributed by atoms with van der Waals surface area (Å²) in [4.78, 5) is 4.66. The van der Waals surface area contributed by atoms with Crippen LogP contribution >= 0.6 is 0 Å². The van der Waals surface area contributed by atoms with E-state index in [4.69, 9.17) is 9.47 Å². The zero-order chi connectivity index (χ0) is 16.9. The van der Waals surface area contributed by atoms with Gasteiger partial charge in [-0.3, -0.25) is 4.99 Å². The number of nitrogens with zero attached hydrogens (tertiary/aromatic N) is 1. The summed E-state index contributed by atoms with van der Waals surface area (Å²) in [5.41, 5.74) is 0. The first-order valence-electron chi connectivity index (χ1n) is 10.1. The van der Waals surface area contributed by atoms with Crippen molar-refractivity contribution >= 4 is 5.96 Å². The van der Waals surface area contributed by atoms with Crippen LogP contribution in [-0.4, -0.2) is 52.0 Å². The van der Waals surface area contributed by atoms with E-state index in [1.54, 1.807) is 0 Å². The van der Waals surface area contributed by atoms with E-state index >= 15 is 0 Å². The minimum Gasteiger partial charge on any atom is -0.381 e. The van der Waals surface area contributed by atoms with E-state index in [0.717, 1.165) is 70.8 Å². The summed E-state index contributed by atoms with van der Waals surface area (Å²) in [5, 5.41) is 6.82. The molecular formula is C19H37N3O2. The van der Waals surface area contributed by atoms with Crippen molar-refractivity contribution in [3.8, 4) is 0 Å². The van der Waals surface area contributed by atoms with Gasteiger partial charge in [-0.25, -0.2) is 0 Å². The molecule has 5 nitrogen and oxygen atoms in total. The molecule has 0 aromatic carbocycles. The molecule has 1 aliphatic carbocycles. The van der Waals surface area contributed by atoms with E-state index in [1.807, 2.05) is 0 Å². The van der Waals surface area contributed by atoms with E-state index in [-0.39, 0.29) is 0 Å². The fourth-order valence-corrected chi connectivity index (χ4v) is 3.53. The van der Waals surface area contributed by atoms with Gasteiger partial charge in [-0.05, 0) is 32.1 Å². The van der Waals surface area contributed by atoms with E-state index in [0.29, 0.717) is 5.92 Å². The Bertz CT molecular complexity index is 338. The third-order valence-electron chi connectivity index (χ3n) is 5.01. The highest BCUT2D eigenvalue weighted by Crippen LogP contribution is 2.25. The first kappa shape index (κ1) is 19.5. The SMILES string of the molecule is CCNC(=NCCCOCC1CCOC1)NCCC1CCCCC1. The molecule has 1 unspecified atom stereocenters. The van der Waals surface area contributed by atoms with Gasteiger partial charge in [-0.2, -0.15) is 0 Å². The molecule has 140 valence electrons. The zero-order valence-electron chi connectivity index (χ0n) is 15.5. The normalized spacial score (nSPS) is 22.7. The van der Waals surface area contributed by atoms with Crippen molar-refractivity contribution in [2.24, 2.45) is 16.8 Å². The second kappa shape index (κ2) is 12.5. The molecule has 0 bridgehead atoms. The summed E-state index contributed by atoms with van der Waals surface area (Å²) in [6.07, 6.45) is 10.5. The summed E-state index contributed by atoms with van der Waals surface area (Å²) < 4.78 is 11.1. The molecular weight excluding hydrogens is 302 g/mol. The van der Waals surface area contributed by atoms with Crippen molar-refractivity contribution in [1.82, 2.24) is 10.6 Å². The Hall–Kier alpha value is -0.810. The highest BCUT2D eigenvalue weighted by atomic mass is 16.5. The number of guanidine groups is 1. The molecule has 2 aliphatic rings. The third kappa shape index (κ3) is 8.34. The number of hydrogen-bond donors (Lipinski definition) is 2. The largest absolute Gasteiger partial charge is 0.381 e. The maximum absolute atomic E-state index is 5.73. The standard InChI is InChI=1S/C19H37N3O2/c1-2-20-19(22-12-9-17-7-4-3-5-8-17)21-11-6-13-23-15-18-10-14-24-16-18/h17-18H,2-16H2,1H3,(H2,20,21,22). The number of aliphatic imine (C=N–C) groups is 1. The first-order chi connectivity index (χ1) is 11.9. The molecule has 0 amide bonds. The van der Waals surface area contributed by atoms with E-state index in [9.17, 15) is 0 Å². The lowest BCUT2D eigenvalue weighted by Gasteiger charge is -2.22. The minimum absolute atomic E-state index is 0.604. The van der Waals surface area contributed by atoms with Crippen molar-refractivity contribution in [1.29, 1.82) is 0 Å². The van der Waals surface area contributed by atoms with Crippen LogP contribution in [0.15, 0.2) is 4.99 Å². The van der Waals surface area contributed by atoms with Gasteiger partial charge in [0.05, 0.1) is 13.2 Å². The molecule has 2 N–H and O–H groups in total. The predicted octanol–water partition coefficient (Wildman–Crippen LogP) is 2.96. The number of ether oxygens (including phenoxy) is 2. The molecule has 0 radical (unpaired) electrons. The van der Waals surface area contributed by atoms with Crippen molar-refractivity contribution in [3.05, 3.63) is 0 Å². The molecule has 0 spiro atoms. The van der Waals surface area contributed by atoms with Crippen LogP contribution in [0.25, 0.3) is 0 Å². The molecule has 1 atom stereocenters. The lowest BCUT2D eigenvalue weighted by Crippen LogP contribution is -2.38. The zero-order valence-corrected chi connectivity index (χ0v) is 15.5. The highest BCUT2D eigenvalue weighted by Gasteiger charge is 2.15. The molecule has 0 aromatic rings. The maximum atomic E-state index is 5.73. The Morgan fingerprint density at radius 2 is 2.00 bits per heavy atom. The topological polar surface area (TPSA) is 54.9 Å². The highest BCUT2D eigenvalue weighted by molar-refractivity contribution is 5.79. The van der Waals surface area contributed by atoms with Gasteiger partial charge in [0, 0.05) is 38.8 Å². The van der Waals surface area contributed by atoms with Crippen molar-refractivity contribution in [2.75, 3.05) is 46.1 Å². The summed E-state index contributed by atoms with van der Waals surface area (Å²) in [7, 11) is 0. The molecule has 2 fully saturated rings. The fraction of sp³-hybridized carbons (Fsp3) is 0.947. The van der Waals surface area contributed by atoms with E-state index in [1.165, 1.54) is 38.5 Å². The Morgan fingerprint density at radius 1 is 1.12 bits per heavy atom. The Balaban J connectivity index is 1.52. The molecule has 5 heteroatoms. The quantitative estimate of drug-likeness (QED) is 0.365. The average molecular weight is 340 g/mol. The van der Waals surface area contributed by atoms with Gasteiger partial charge >= 0.3 is 0 Å². The molecule has 1 saturated heterocycles. The van der Waals surface area contributed by atoms with Crippen LogP contribution in [0.4, 0.5) is 0 Å². The van der Waals surface area contributed by atoms with Gasteiger partial charge in [0.2, 0.25) is 0 Å². The van der Waals surface area contributed by atoms with Crippen molar-refractivity contribution in [3.63, 3.8) is 0 Å². The summed E-state index contributed by atoms with van der Waals surface area (Å²) in [5.74, 6) is 2.48. The predicted molar refractivity (Wildman–Crippen MR) is 99.5 cm³/mol. The van der Waals surface area contributed by atoms with Gasteiger partial charge in [0.1, 0.15) is 0 Å². The monoisotopic (exact) mass is 339 g/mol. The van der Waals surface area contributed by atoms with Crippen LogP contribution in [0.2, 0.25) is 0 Å². The maximum Gasteiger partial charge on any atom is 0.191 e. The van der Waals surface area contributed by atoms with Crippen LogP contribution < -0.4 is 10.6 Å². The molecule has 1 heterocycles. The van der Waals surface area contributed by atoms with Crippen molar-refractivity contribution in [2.45, 2.75) is 58.3 Å². The number of nitrogens with one attached hydrogen (secondary N) is 2. The second-order valence-corrected chi connectivity index (χ2v) is 7.14. The van der Waals surface area contributed by atoms with Crippen LogP contribution in [0.3, 0.4) is 0 Å².